The number of nitrogen functional groups attached to an aromatic ring is 1. The van der Waals surface area contributed by atoms with E-state index in [0.29, 0.717) is 0 Å². The van der Waals surface area contributed by atoms with Crippen molar-refractivity contribution in [1.82, 2.24) is 9.55 Å². The quantitative estimate of drug-likeness (QED) is 0.724. The first-order valence-electron chi connectivity index (χ1n) is 6.24. The number of nitrogens with two attached hydrogens (primary N) is 1. The number of imidazole rings is 1. The zero-order chi connectivity index (χ0) is 13.1. The Morgan fingerprint density at radius 1 is 0.947 bits per heavy atom. The van der Waals surface area contributed by atoms with Gasteiger partial charge in [0.15, 0.2) is 0 Å². The number of aromatic nitrogens is 2. The number of anilines is 1. The first-order chi connectivity index (χ1) is 9.33. The maximum Gasteiger partial charge on any atom is 0.140 e. The zero-order valence-electron chi connectivity index (χ0n) is 10.5. The van der Waals surface area contributed by atoms with E-state index in [-0.39, 0.29) is 0 Å². The van der Waals surface area contributed by atoms with Gasteiger partial charge in [0.25, 0.3) is 0 Å². The summed E-state index contributed by atoms with van der Waals surface area (Å²) in [6, 6.07) is 18.2. The second-order valence-electron chi connectivity index (χ2n) is 4.49. The summed E-state index contributed by atoms with van der Waals surface area (Å²) < 4.78 is 2.14. The van der Waals surface area contributed by atoms with Crippen LogP contribution in [0.3, 0.4) is 0 Å². The van der Waals surface area contributed by atoms with E-state index in [1.807, 2.05) is 42.7 Å². The number of rotatable bonds is 3. The molecule has 0 aliphatic carbocycles. The fourth-order valence-corrected chi connectivity index (χ4v) is 2.11. The van der Waals surface area contributed by atoms with Crippen molar-refractivity contribution < 1.29 is 0 Å². The van der Waals surface area contributed by atoms with Gasteiger partial charge >= 0.3 is 0 Å². The highest BCUT2D eigenvalue weighted by Gasteiger charge is 2.05. The molecular formula is C16H15N3. The van der Waals surface area contributed by atoms with E-state index in [9.17, 15) is 0 Å². The van der Waals surface area contributed by atoms with Gasteiger partial charge in [-0.1, -0.05) is 30.3 Å². The van der Waals surface area contributed by atoms with Crippen molar-refractivity contribution in [1.29, 1.82) is 0 Å². The Balaban J connectivity index is 1.92. The van der Waals surface area contributed by atoms with Crippen LogP contribution in [0.1, 0.15) is 5.56 Å². The van der Waals surface area contributed by atoms with Gasteiger partial charge in [0.2, 0.25) is 0 Å². The molecule has 0 saturated carbocycles. The molecule has 1 heterocycles. The summed E-state index contributed by atoms with van der Waals surface area (Å²) in [6.45, 7) is 0.820. The van der Waals surface area contributed by atoms with Gasteiger partial charge in [0, 0.05) is 30.2 Å². The Kier molecular flexibility index (Phi) is 3.02. The molecule has 3 heteroatoms. The van der Waals surface area contributed by atoms with Crippen molar-refractivity contribution in [3.8, 4) is 11.4 Å². The van der Waals surface area contributed by atoms with Gasteiger partial charge in [-0.25, -0.2) is 4.98 Å². The van der Waals surface area contributed by atoms with Crippen LogP contribution in [0.4, 0.5) is 5.69 Å². The molecule has 0 aliphatic heterocycles. The van der Waals surface area contributed by atoms with Crippen LogP contribution < -0.4 is 5.73 Å². The molecule has 2 aromatic carbocycles. The summed E-state index contributed by atoms with van der Waals surface area (Å²) in [5.74, 6) is 0.962. The van der Waals surface area contributed by atoms with Crippen molar-refractivity contribution in [2.24, 2.45) is 0 Å². The topological polar surface area (TPSA) is 43.8 Å². The predicted octanol–water partition coefficient (Wildman–Crippen LogP) is 3.18. The van der Waals surface area contributed by atoms with E-state index in [4.69, 9.17) is 5.73 Å². The highest BCUT2D eigenvalue weighted by atomic mass is 15.1. The van der Waals surface area contributed by atoms with Crippen LogP contribution in [-0.4, -0.2) is 9.55 Å². The molecule has 0 fully saturated rings. The van der Waals surface area contributed by atoms with Gasteiger partial charge in [-0.3, -0.25) is 0 Å². The van der Waals surface area contributed by atoms with Crippen molar-refractivity contribution in [2.75, 3.05) is 5.73 Å². The minimum atomic E-state index is 0.768. The highest BCUT2D eigenvalue weighted by Crippen LogP contribution is 2.19. The third-order valence-electron chi connectivity index (χ3n) is 3.08. The normalized spacial score (nSPS) is 10.5. The fraction of sp³-hybridized carbons (Fsp3) is 0.0625. The van der Waals surface area contributed by atoms with Crippen molar-refractivity contribution >= 4 is 5.69 Å². The Labute approximate surface area is 112 Å². The Bertz CT molecular complexity index is 654. The third kappa shape index (κ3) is 2.50. The summed E-state index contributed by atoms with van der Waals surface area (Å²) in [4.78, 5) is 4.43. The molecule has 94 valence electrons. The zero-order valence-corrected chi connectivity index (χ0v) is 10.5. The second kappa shape index (κ2) is 4.98. The summed E-state index contributed by atoms with van der Waals surface area (Å²) in [5.41, 5.74) is 8.82. The van der Waals surface area contributed by atoms with Crippen LogP contribution in [0.2, 0.25) is 0 Å². The summed E-state index contributed by atoms with van der Waals surface area (Å²) in [7, 11) is 0. The molecule has 0 aliphatic rings. The first-order valence-corrected chi connectivity index (χ1v) is 6.24. The fourth-order valence-electron chi connectivity index (χ4n) is 2.11. The predicted molar refractivity (Wildman–Crippen MR) is 77.6 cm³/mol. The maximum absolute atomic E-state index is 5.71. The minimum Gasteiger partial charge on any atom is -0.399 e. The van der Waals surface area contributed by atoms with Crippen molar-refractivity contribution in [2.45, 2.75) is 6.54 Å². The van der Waals surface area contributed by atoms with E-state index in [1.165, 1.54) is 5.56 Å². The van der Waals surface area contributed by atoms with Gasteiger partial charge in [0.05, 0.1) is 0 Å². The lowest BCUT2D eigenvalue weighted by Crippen LogP contribution is -2.00. The van der Waals surface area contributed by atoms with Gasteiger partial charge < -0.3 is 10.3 Å². The average molecular weight is 249 g/mol. The monoisotopic (exact) mass is 249 g/mol. The molecule has 3 rings (SSSR count). The molecule has 0 amide bonds. The second-order valence-corrected chi connectivity index (χ2v) is 4.49. The van der Waals surface area contributed by atoms with Crippen LogP contribution in [0.15, 0.2) is 67.0 Å². The molecule has 1 aromatic heterocycles. The smallest absolute Gasteiger partial charge is 0.140 e. The SMILES string of the molecule is Nc1ccc(-c2nccn2Cc2ccccc2)cc1. The lowest BCUT2D eigenvalue weighted by molar-refractivity contribution is 0.807. The van der Waals surface area contributed by atoms with E-state index in [1.54, 1.807) is 0 Å². The number of hydrogen-bond donors (Lipinski definition) is 1. The molecule has 3 nitrogen and oxygen atoms in total. The molecule has 2 N–H and O–H groups in total. The van der Waals surface area contributed by atoms with Crippen LogP contribution in [0.5, 0.6) is 0 Å². The van der Waals surface area contributed by atoms with E-state index in [0.717, 1.165) is 23.6 Å². The Morgan fingerprint density at radius 2 is 1.68 bits per heavy atom. The molecule has 0 radical (unpaired) electrons. The maximum atomic E-state index is 5.71. The van der Waals surface area contributed by atoms with Gasteiger partial charge in [-0.15, -0.1) is 0 Å². The van der Waals surface area contributed by atoms with Gasteiger partial charge in [-0.2, -0.15) is 0 Å². The van der Waals surface area contributed by atoms with Crippen LogP contribution in [0, 0.1) is 0 Å². The van der Waals surface area contributed by atoms with Crippen molar-refractivity contribution in [3.05, 3.63) is 72.6 Å². The lowest BCUT2D eigenvalue weighted by Gasteiger charge is -2.08. The lowest BCUT2D eigenvalue weighted by atomic mass is 10.2. The Morgan fingerprint density at radius 3 is 2.42 bits per heavy atom. The van der Waals surface area contributed by atoms with Gasteiger partial charge in [-0.05, 0) is 29.8 Å². The van der Waals surface area contributed by atoms with E-state index >= 15 is 0 Å². The number of benzene rings is 2. The molecule has 0 saturated heterocycles. The molecule has 19 heavy (non-hydrogen) atoms. The summed E-state index contributed by atoms with van der Waals surface area (Å²) >= 11 is 0. The first kappa shape index (κ1) is 11.5. The number of nitrogens with zero attached hydrogens (tertiary/aromatic N) is 2. The third-order valence-corrected chi connectivity index (χ3v) is 3.08. The summed E-state index contributed by atoms with van der Waals surface area (Å²) in [6.07, 6.45) is 3.83. The average Bonchev–Trinajstić information content (AvgIpc) is 2.89. The van der Waals surface area contributed by atoms with E-state index < -0.39 is 0 Å². The molecule has 0 bridgehead atoms. The van der Waals surface area contributed by atoms with Crippen LogP contribution in [-0.2, 0) is 6.54 Å². The summed E-state index contributed by atoms with van der Waals surface area (Å²) in [5, 5.41) is 0. The van der Waals surface area contributed by atoms with E-state index in [2.05, 4.69) is 33.8 Å². The molecule has 0 unspecified atom stereocenters. The Hall–Kier alpha value is -2.55. The van der Waals surface area contributed by atoms with Crippen molar-refractivity contribution in [3.63, 3.8) is 0 Å². The van der Waals surface area contributed by atoms with Gasteiger partial charge in [0.1, 0.15) is 5.82 Å². The molecule has 0 atom stereocenters. The molecule has 3 aromatic rings. The highest BCUT2D eigenvalue weighted by molar-refractivity contribution is 5.59. The minimum absolute atomic E-state index is 0.768. The van der Waals surface area contributed by atoms with Crippen LogP contribution >= 0.6 is 0 Å². The largest absolute Gasteiger partial charge is 0.399 e. The molecule has 0 spiro atoms. The van der Waals surface area contributed by atoms with Crippen LogP contribution in [0.25, 0.3) is 11.4 Å². The molecular weight excluding hydrogens is 234 g/mol. The standard InChI is InChI=1S/C16H15N3/c17-15-8-6-14(7-9-15)16-18-10-11-19(16)12-13-4-2-1-3-5-13/h1-11H,12,17H2. The number of hydrogen-bond acceptors (Lipinski definition) is 2.